The average molecular weight is 413 g/mol. The predicted octanol–water partition coefficient (Wildman–Crippen LogP) is 4.06. The Morgan fingerprint density at radius 2 is 1.70 bits per heavy atom. The highest BCUT2D eigenvalue weighted by Gasteiger charge is 2.26. The SMILES string of the molecule is CC(C)(C)OC(=O)N1CCN(c2ccc(NC(=O)Cc3ccccc3)cc2F)CC1. The molecule has 7 heteroatoms. The molecule has 1 heterocycles. The van der Waals surface area contributed by atoms with Crippen LogP contribution in [0.15, 0.2) is 48.5 Å². The molecular formula is C23H28FN3O3. The molecule has 3 rings (SSSR count). The van der Waals surface area contributed by atoms with E-state index in [4.69, 9.17) is 4.74 Å². The summed E-state index contributed by atoms with van der Waals surface area (Å²) in [5, 5.41) is 2.74. The molecule has 160 valence electrons. The van der Waals surface area contributed by atoms with Crippen LogP contribution in [0.5, 0.6) is 0 Å². The minimum atomic E-state index is -0.541. The molecule has 6 nitrogen and oxygen atoms in total. The van der Waals surface area contributed by atoms with Crippen LogP contribution in [-0.4, -0.2) is 48.7 Å². The quantitative estimate of drug-likeness (QED) is 0.821. The third-order valence-electron chi connectivity index (χ3n) is 4.71. The molecular weight excluding hydrogens is 385 g/mol. The summed E-state index contributed by atoms with van der Waals surface area (Å²) in [6.07, 6.45) is -0.115. The van der Waals surface area contributed by atoms with Gasteiger partial charge in [0.1, 0.15) is 11.4 Å². The number of carbonyl (C=O) groups is 2. The van der Waals surface area contributed by atoms with Crippen molar-refractivity contribution in [2.24, 2.45) is 0 Å². The minimum absolute atomic E-state index is 0.195. The Balaban J connectivity index is 1.56. The van der Waals surface area contributed by atoms with Gasteiger partial charge in [0.05, 0.1) is 12.1 Å². The Hall–Kier alpha value is -3.09. The van der Waals surface area contributed by atoms with Crippen LogP contribution in [0.2, 0.25) is 0 Å². The fourth-order valence-corrected chi connectivity index (χ4v) is 3.28. The maximum Gasteiger partial charge on any atom is 0.410 e. The van der Waals surface area contributed by atoms with E-state index in [0.717, 1.165) is 5.56 Å². The van der Waals surface area contributed by atoms with E-state index < -0.39 is 11.4 Å². The van der Waals surface area contributed by atoms with Crippen molar-refractivity contribution < 1.29 is 18.7 Å². The lowest BCUT2D eigenvalue weighted by atomic mass is 10.1. The number of rotatable bonds is 4. The van der Waals surface area contributed by atoms with Crippen LogP contribution in [0.25, 0.3) is 0 Å². The Bertz CT molecular complexity index is 888. The van der Waals surface area contributed by atoms with Crippen molar-refractivity contribution in [3.8, 4) is 0 Å². The van der Waals surface area contributed by atoms with Gasteiger partial charge in [-0.25, -0.2) is 9.18 Å². The van der Waals surface area contributed by atoms with Crippen molar-refractivity contribution in [2.75, 3.05) is 36.4 Å². The highest BCUT2D eigenvalue weighted by molar-refractivity contribution is 5.92. The highest BCUT2D eigenvalue weighted by Crippen LogP contribution is 2.24. The first-order chi connectivity index (χ1) is 14.2. The zero-order valence-corrected chi connectivity index (χ0v) is 17.7. The van der Waals surface area contributed by atoms with Crippen LogP contribution in [0, 0.1) is 5.82 Å². The molecule has 1 aliphatic rings. The van der Waals surface area contributed by atoms with Crippen LogP contribution < -0.4 is 10.2 Å². The zero-order chi connectivity index (χ0) is 21.7. The standard InChI is InChI=1S/C23H28FN3O3/c1-23(2,3)30-22(29)27-13-11-26(12-14-27)20-10-9-18(16-19(20)24)25-21(28)15-17-7-5-4-6-8-17/h4-10,16H,11-15H2,1-3H3,(H,25,28). The predicted molar refractivity (Wildman–Crippen MR) is 115 cm³/mol. The smallest absolute Gasteiger partial charge is 0.410 e. The number of nitrogens with one attached hydrogen (secondary N) is 1. The molecule has 0 aromatic heterocycles. The number of nitrogens with zero attached hydrogens (tertiary/aromatic N) is 2. The summed E-state index contributed by atoms with van der Waals surface area (Å²) in [7, 11) is 0. The van der Waals surface area contributed by atoms with Crippen molar-refractivity contribution in [2.45, 2.75) is 32.8 Å². The number of amides is 2. The number of anilines is 2. The number of ether oxygens (including phenoxy) is 1. The monoisotopic (exact) mass is 413 g/mol. The summed E-state index contributed by atoms with van der Waals surface area (Å²) in [5.41, 5.74) is 1.24. The summed E-state index contributed by atoms with van der Waals surface area (Å²) in [6.45, 7) is 7.43. The van der Waals surface area contributed by atoms with E-state index in [1.165, 1.54) is 6.07 Å². The topological polar surface area (TPSA) is 61.9 Å². The van der Waals surface area contributed by atoms with Crippen LogP contribution in [0.1, 0.15) is 26.3 Å². The zero-order valence-electron chi connectivity index (χ0n) is 17.7. The van der Waals surface area contributed by atoms with Gasteiger partial charge in [0.25, 0.3) is 0 Å². The molecule has 0 aliphatic carbocycles. The second kappa shape index (κ2) is 9.15. The van der Waals surface area contributed by atoms with Gasteiger partial charge in [-0.1, -0.05) is 30.3 Å². The Morgan fingerprint density at radius 1 is 1.03 bits per heavy atom. The second-order valence-corrected chi connectivity index (χ2v) is 8.33. The molecule has 1 N–H and O–H groups in total. The number of hydrogen-bond acceptors (Lipinski definition) is 4. The van der Waals surface area contributed by atoms with Gasteiger partial charge in [-0.05, 0) is 44.5 Å². The fraction of sp³-hybridized carbons (Fsp3) is 0.391. The Kier molecular flexibility index (Phi) is 6.59. The Labute approximate surface area is 176 Å². The van der Waals surface area contributed by atoms with E-state index >= 15 is 0 Å². The number of halogens is 1. The Morgan fingerprint density at radius 3 is 2.30 bits per heavy atom. The van der Waals surface area contributed by atoms with E-state index in [0.29, 0.717) is 37.6 Å². The number of benzene rings is 2. The summed E-state index contributed by atoms with van der Waals surface area (Å²) in [5.74, 6) is -0.599. The van der Waals surface area contributed by atoms with E-state index in [9.17, 15) is 14.0 Å². The molecule has 0 spiro atoms. The largest absolute Gasteiger partial charge is 0.444 e. The highest BCUT2D eigenvalue weighted by atomic mass is 19.1. The van der Waals surface area contributed by atoms with Gasteiger partial charge in [0, 0.05) is 31.9 Å². The lowest BCUT2D eigenvalue weighted by Gasteiger charge is -2.36. The fourth-order valence-electron chi connectivity index (χ4n) is 3.28. The second-order valence-electron chi connectivity index (χ2n) is 8.33. The van der Waals surface area contributed by atoms with Crippen molar-refractivity contribution in [1.29, 1.82) is 0 Å². The number of hydrogen-bond donors (Lipinski definition) is 1. The van der Waals surface area contributed by atoms with E-state index in [1.54, 1.807) is 17.0 Å². The summed E-state index contributed by atoms with van der Waals surface area (Å²) < 4.78 is 20.1. The van der Waals surface area contributed by atoms with Crippen LogP contribution in [-0.2, 0) is 16.0 Å². The van der Waals surface area contributed by atoms with E-state index in [2.05, 4.69) is 5.32 Å². The molecule has 0 bridgehead atoms. The van der Waals surface area contributed by atoms with Gasteiger partial charge < -0.3 is 19.9 Å². The lowest BCUT2D eigenvalue weighted by Crippen LogP contribution is -2.50. The van der Waals surface area contributed by atoms with Gasteiger partial charge in [0.2, 0.25) is 5.91 Å². The van der Waals surface area contributed by atoms with Crippen molar-refractivity contribution in [1.82, 2.24) is 4.90 Å². The molecule has 2 amide bonds. The van der Waals surface area contributed by atoms with Crippen LogP contribution in [0.4, 0.5) is 20.6 Å². The number of carbonyl (C=O) groups excluding carboxylic acids is 2. The third kappa shape index (κ3) is 5.95. The van der Waals surface area contributed by atoms with E-state index in [-0.39, 0.29) is 18.4 Å². The van der Waals surface area contributed by atoms with Gasteiger partial charge in [0.15, 0.2) is 0 Å². The molecule has 0 atom stereocenters. The molecule has 0 radical (unpaired) electrons. The normalized spacial score (nSPS) is 14.4. The van der Waals surface area contributed by atoms with Gasteiger partial charge in [-0.15, -0.1) is 0 Å². The van der Waals surface area contributed by atoms with Gasteiger partial charge >= 0.3 is 6.09 Å². The molecule has 1 aliphatic heterocycles. The number of piperazine rings is 1. The van der Waals surface area contributed by atoms with Crippen LogP contribution >= 0.6 is 0 Å². The summed E-state index contributed by atoms with van der Waals surface area (Å²) in [4.78, 5) is 27.9. The average Bonchev–Trinajstić information content (AvgIpc) is 2.68. The lowest BCUT2D eigenvalue weighted by molar-refractivity contribution is -0.115. The van der Waals surface area contributed by atoms with Crippen LogP contribution in [0.3, 0.4) is 0 Å². The first-order valence-corrected chi connectivity index (χ1v) is 10.1. The van der Waals surface area contributed by atoms with Crippen molar-refractivity contribution in [3.63, 3.8) is 0 Å². The minimum Gasteiger partial charge on any atom is -0.444 e. The molecule has 0 saturated carbocycles. The molecule has 2 aromatic carbocycles. The maximum absolute atomic E-state index is 14.7. The molecule has 2 aromatic rings. The van der Waals surface area contributed by atoms with Gasteiger partial charge in [-0.2, -0.15) is 0 Å². The van der Waals surface area contributed by atoms with E-state index in [1.807, 2.05) is 56.0 Å². The first kappa shape index (κ1) is 21.6. The third-order valence-corrected chi connectivity index (χ3v) is 4.71. The van der Waals surface area contributed by atoms with Crippen molar-refractivity contribution >= 4 is 23.4 Å². The van der Waals surface area contributed by atoms with Crippen molar-refractivity contribution in [3.05, 3.63) is 59.9 Å². The molecule has 1 fully saturated rings. The molecule has 0 unspecified atom stereocenters. The molecule has 1 saturated heterocycles. The molecule has 30 heavy (non-hydrogen) atoms. The van der Waals surface area contributed by atoms with Gasteiger partial charge in [-0.3, -0.25) is 4.79 Å². The first-order valence-electron chi connectivity index (χ1n) is 10.1. The summed E-state index contributed by atoms with van der Waals surface area (Å²) >= 11 is 0. The maximum atomic E-state index is 14.7. The summed E-state index contributed by atoms with van der Waals surface area (Å²) in [6, 6.07) is 14.1.